The van der Waals surface area contributed by atoms with Crippen LogP contribution in [0.5, 0.6) is 0 Å². The van der Waals surface area contributed by atoms with Gasteiger partial charge in [-0.25, -0.2) is 0 Å². The Hall–Kier alpha value is -1.53. The minimum absolute atomic E-state index is 0.250. The Morgan fingerprint density at radius 2 is 2.32 bits per heavy atom. The molecule has 2 aromatic rings. The maximum Gasteiger partial charge on any atom is 0.287 e. The number of aliphatic hydroxyl groups is 1. The lowest BCUT2D eigenvalue weighted by Gasteiger charge is -2.12. The summed E-state index contributed by atoms with van der Waals surface area (Å²) in [6.07, 6.45) is 1.73. The van der Waals surface area contributed by atoms with Crippen LogP contribution in [-0.4, -0.2) is 22.1 Å². The van der Waals surface area contributed by atoms with Gasteiger partial charge in [0.15, 0.2) is 10.4 Å². The van der Waals surface area contributed by atoms with E-state index in [9.17, 15) is 9.90 Å². The molecular weight excluding hydrogens is 312 g/mol. The number of rotatable bonds is 5. The first-order valence-corrected chi connectivity index (χ1v) is 6.70. The second kappa shape index (κ2) is 6.08. The van der Waals surface area contributed by atoms with Crippen molar-refractivity contribution in [1.82, 2.24) is 9.88 Å². The highest BCUT2D eigenvalue weighted by atomic mass is 79.9. The number of hydrogen-bond acceptors (Lipinski definition) is 3. The second-order valence-corrected chi connectivity index (χ2v) is 4.99. The van der Waals surface area contributed by atoms with Gasteiger partial charge in [0.05, 0.1) is 6.10 Å². The fraction of sp³-hybridized carbons (Fsp3) is 0.308. The van der Waals surface area contributed by atoms with Crippen LogP contribution in [0, 0.1) is 0 Å². The third-order valence-electron chi connectivity index (χ3n) is 2.83. The van der Waals surface area contributed by atoms with Crippen LogP contribution in [0.2, 0.25) is 0 Å². The van der Waals surface area contributed by atoms with E-state index in [2.05, 4.69) is 21.2 Å². The molecule has 0 aliphatic rings. The van der Waals surface area contributed by atoms with Gasteiger partial charge in [-0.2, -0.15) is 0 Å². The number of hydrogen-bond donors (Lipinski definition) is 2. The van der Waals surface area contributed by atoms with E-state index in [4.69, 9.17) is 4.42 Å². The second-order valence-electron chi connectivity index (χ2n) is 4.21. The summed E-state index contributed by atoms with van der Waals surface area (Å²) in [6.45, 7) is 0.378. The van der Waals surface area contributed by atoms with Crippen LogP contribution in [0.3, 0.4) is 0 Å². The van der Waals surface area contributed by atoms with Gasteiger partial charge in [0.2, 0.25) is 0 Å². The third-order valence-corrected chi connectivity index (χ3v) is 3.25. The summed E-state index contributed by atoms with van der Waals surface area (Å²) >= 11 is 3.14. The molecule has 2 aromatic heterocycles. The number of amides is 1. The van der Waals surface area contributed by atoms with Gasteiger partial charge in [0.1, 0.15) is 0 Å². The molecule has 0 bridgehead atoms. The van der Waals surface area contributed by atoms with Crippen LogP contribution >= 0.6 is 15.9 Å². The predicted octanol–water partition coefficient (Wildman–Crippen LogP) is 2.23. The first-order valence-electron chi connectivity index (χ1n) is 5.91. The Labute approximate surface area is 119 Å². The fourth-order valence-electron chi connectivity index (χ4n) is 1.81. The van der Waals surface area contributed by atoms with Gasteiger partial charge in [0, 0.05) is 25.5 Å². The Morgan fingerprint density at radius 3 is 2.89 bits per heavy atom. The van der Waals surface area contributed by atoms with Crippen molar-refractivity contribution in [3.63, 3.8) is 0 Å². The number of carbonyl (C=O) groups excluding carboxylic acids is 1. The number of halogens is 1. The lowest BCUT2D eigenvalue weighted by atomic mass is 10.2. The first-order chi connectivity index (χ1) is 9.08. The summed E-state index contributed by atoms with van der Waals surface area (Å²) in [6, 6.07) is 6.98. The molecule has 1 amide bonds. The lowest BCUT2D eigenvalue weighted by molar-refractivity contribution is 0.0912. The van der Waals surface area contributed by atoms with Crippen molar-refractivity contribution in [2.24, 2.45) is 7.05 Å². The molecular formula is C13H15BrN2O3. The largest absolute Gasteiger partial charge is 0.444 e. The zero-order valence-electron chi connectivity index (χ0n) is 10.5. The third kappa shape index (κ3) is 3.48. The Bertz CT molecular complexity index is 562. The molecule has 0 aromatic carbocycles. The molecule has 0 aliphatic heterocycles. The highest BCUT2D eigenvalue weighted by Crippen LogP contribution is 2.16. The molecule has 2 rings (SSSR count). The molecule has 0 saturated carbocycles. The van der Waals surface area contributed by atoms with Crippen LogP contribution < -0.4 is 5.32 Å². The van der Waals surface area contributed by atoms with E-state index in [1.807, 2.05) is 29.9 Å². The van der Waals surface area contributed by atoms with Crippen molar-refractivity contribution in [2.75, 3.05) is 6.54 Å². The summed E-state index contributed by atoms with van der Waals surface area (Å²) in [4.78, 5) is 11.7. The molecule has 0 aliphatic carbocycles. The van der Waals surface area contributed by atoms with Crippen molar-refractivity contribution in [3.05, 3.63) is 46.6 Å². The zero-order chi connectivity index (χ0) is 13.8. The lowest BCUT2D eigenvalue weighted by Crippen LogP contribution is -2.25. The summed E-state index contributed by atoms with van der Waals surface area (Å²) in [5.41, 5.74) is 0.829. The Morgan fingerprint density at radius 1 is 1.53 bits per heavy atom. The van der Waals surface area contributed by atoms with Gasteiger partial charge >= 0.3 is 0 Å². The highest BCUT2D eigenvalue weighted by Gasteiger charge is 2.13. The van der Waals surface area contributed by atoms with E-state index in [1.165, 1.54) is 0 Å². The molecule has 0 saturated heterocycles. The Balaban J connectivity index is 1.81. The molecule has 5 nitrogen and oxygen atoms in total. The van der Waals surface area contributed by atoms with Gasteiger partial charge in [-0.05, 0) is 46.6 Å². The van der Waals surface area contributed by atoms with Gasteiger partial charge in [0.25, 0.3) is 5.91 Å². The molecule has 0 fully saturated rings. The summed E-state index contributed by atoms with van der Waals surface area (Å²) in [5, 5.41) is 12.7. The SMILES string of the molecule is Cn1cccc1[C@H](O)CCNC(=O)c1ccc(Br)o1. The Kier molecular flexibility index (Phi) is 4.44. The molecule has 0 radical (unpaired) electrons. The van der Waals surface area contributed by atoms with Gasteiger partial charge in [-0.1, -0.05) is 0 Å². The molecule has 2 heterocycles. The maximum absolute atomic E-state index is 11.7. The monoisotopic (exact) mass is 326 g/mol. The van der Waals surface area contributed by atoms with Crippen LogP contribution in [0.1, 0.15) is 28.8 Å². The number of nitrogens with zero attached hydrogens (tertiary/aromatic N) is 1. The van der Waals surface area contributed by atoms with E-state index in [1.54, 1.807) is 12.1 Å². The van der Waals surface area contributed by atoms with Gasteiger partial charge in [-0.3, -0.25) is 4.79 Å². The average Bonchev–Trinajstić information content (AvgIpc) is 2.97. The van der Waals surface area contributed by atoms with Crippen LogP contribution in [0.25, 0.3) is 0 Å². The van der Waals surface area contributed by atoms with E-state index in [-0.39, 0.29) is 11.7 Å². The number of furan rings is 1. The molecule has 1 atom stereocenters. The molecule has 0 unspecified atom stereocenters. The standard InChI is InChI=1S/C13H15BrN2O3/c1-16-8-2-3-9(16)10(17)6-7-15-13(18)11-4-5-12(14)19-11/h2-5,8,10,17H,6-7H2,1H3,(H,15,18)/t10-/m1/s1. The van der Waals surface area contributed by atoms with Crippen LogP contribution in [-0.2, 0) is 7.05 Å². The molecule has 2 N–H and O–H groups in total. The smallest absolute Gasteiger partial charge is 0.287 e. The van der Waals surface area contributed by atoms with Crippen LogP contribution in [0.15, 0.2) is 39.5 Å². The van der Waals surface area contributed by atoms with E-state index >= 15 is 0 Å². The molecule has 19 heavy (non-hydrogen) atoms. The number of nitrogens with one attached hydrogen (secondary N) is 1. The minimum Gasteiger partial charge on any atom is -0.444 e. The van der Waals surface area contributed by atoms with Crippen molar-refractivity contribution in [1.29, 1.82) is 0 Å². The summed E-state index contributed by atoms with van der Waals surface area (Å²) in [7, 11) is 1.87. The summed E-state index contributed by atoms with van der Waals surface area (Å²) in [5.74, 6) is -0.0370. The van der Waals surface area contributed by atoms with Crippen molar-refractivity contribution in [3.8, 4) is 0 Å². The van der Waals surface area contributed by atoms with Crippen molar-refractivity contribution in [2.45, 2.75) is 12.5 Å². The molecule has 102 valence electrons. The maximum atomic E-state index is 11.7. The predicted molar refractivity (Wildman–Crippen MR) is 73.7 cm³/mol. The summed E-state index contributed by atoms with van der Waals surface area (Å²) < 4.78 is 7.50. The van der Waals surface area contributed by atoms with Gasteiger partial charge in [-0.15, -0.1) is 0 Å². The van der Waals surface area contributed by atoms with E-state index in [0.29, 0.717) is 17.6 Å². The van der Waals surface area contributed by atoms with Crippen molar-refractivity contribution >= 4 is 21.8 Å². The first kappa shape index (κ1) is 13.9. The normalized spacial score (nSPS) is 12.4. The fourth-order valence-corrected chi connectivity index (χ4v) is 2.12. The highest BCUT2D eigenvalue weighted by molar-refractivity contribution is 9.10. The van der Waals surface area contributed by atoms with Gasteiger partial charge < -0.3 is 19.4 Å². The zero-order valence-corrected chi connectivity index (χ0v) is 12.1. The van der Waals surface area contributed by atoms with E-state index in [0.717, 1.165) is 5.69 Å². The average molecular weight is 327 g/mol. The number of aromatic nitrogens is 1. The van der Waals surface area contributed by atoms with Crippen LogP contribution in [0.4, 0.5) is 0 Å². The molecule has 6 heteroatoms. The number of aliphatic hydroxyl groups excluding tert-OH is 1. The topological polar surface area (TPSA) is 67.4 Å². The van der Waals surface area contributed by atoms with Crippen molar-refractivity contribution < 1.29 is 14.3 Å². The van der Waals surface area contributed by atoms with E-state index < -0.39 is 6.10 Å². The molecule has 0 spiro atoms. The number of carbonyl (C=O) groups is 1. The number of aryl methyl sites for hydroxylation is 1. The minimum atomic E-state index is -0.594. The quantitative estimate of drug-likeness (QED) is 0.885.